The minimum absolute atomic E-state index is 0.0321. The van der Waals surface area contributed by atoms with Crippen molar-refractivity contribution in [2.45, 2.75) is 37.0 Å². The molecule has 0 amide bonds. The van der Waals surface area contributed by atoms with Crippen molar-refractivity contribution in [1.29, 1.82) is 0 Å². The lowest BCUT2D eigenvalue weighted by Crippen LogP contribution is -2.19. The Morgan fingerprint density at radius 2 is 2.14 bits per heavy atom. The Labute approximate surface area is 124 Å². The van der Waals surface area contributed by atoms with E-state index in [1.54, 1.807) is 20.8 Å². The third-order valence-electron chi connectivity index (χ3n) is 2.62. The average Bonchev–Trinajstić information content (AvgIpc) is 2.76. The second-order valence-corrected chi connectivity index (χ2v) is 5.47. The molecule has 0 saturated heterocycles. The molecule has 0 aliphatic rings. The fraction of sp³-hybridized carbons (Fsp3) is 0.417. The fourth-order valence-electron chi connectivity index (χ4n) is 1.72. The second-order valence-electron chi connectivity index (χ2n) is 4.51. The molecule has 2 N–H and O–H groups in total. The van der Waals surface area contributed by atoms with Crippen LogP contribution in [0.5, 0.6) is 0 Å². The normalized spacial score (nSPS) is 11.1. The van der Waals surface area contributed by atoms with Crippen LogP contribution in [0.2, 0.25) is 0 Å². The summed E-state index contributed by atoms with van der Waals surface area (Å²) < 4.78 is 28.7. The van der Waals surface area contributed by atoms with E-state index in [-0.39, 0.29) is 27.7 Å². The number of rotatable bonds is 5. The molecule has 2 aromatic heterocycles. The van der Waals surface area contributed by atoms with E-state index in [9.17, 15) is 13.6 Å². The van der Waals surface area contributed by atoms with Gasteiger partial charge in [0.25, 0.3) is 0 Å². The number of halogens is 2. The first kappa shape index (κ1) is 15.5. The summed E-state index contributed by atoms with van der Waals surface area (Å²) in [6, 6.07) is 0.619. The van der Waals surface area contributed by atoms with Crippen molar-refractivity contribution in [2.75, 3.05) is 11.9 Å². The van der Waals surface area contributed by atoms with E-state index < -0.39 is 11.6 Å². The van der Waals surface area contributed by atoms with Gasteiger partial charge in [-0.15, -0.1) is 5.10 Å². The van der Waals surface area contributed by atoms with E-state index in [2.05, 4.69) is 20.5 Å². The molecular weight excluding hydrogens is 300 g/mol. The lowest BCUT2D eigenvalue weighted by atomic mass is 10.4. The lowest BCUT2D eigenvalue weighted by Gasteiger charge is -2.10. The summed E-state index contributed by atoms with van der Waals surface area (Å²) in [6.45, 7) is 5.85. The van der Waals surface area contributed by atoms with Crippen molar-refractivity contribution in [1.82, 2.24) is 19.7 Å². The first-order chi connectivity index (χ1) is 9.93. The SMILES string of the molecule is CCNc1nc(Sc2n[nH]c(=O)n2C(C)C)c(F)cc1F. The van der Waals surface area contributed by atoms with Gasteiger partial charge in [-0.3, -0.25) is 4.57 Å². The molecule has 0 saturated carbocycles. The predicted molar refractivity (Wildman–Crippen MR) is 75.7 cm³/mol. The summed E-state index contributed by atoms with van der Waals surface area (Å²) in [5.41, 5.74) is -0.387. The molecule has 0 fully saturated rings. The highest BCUT2D eigenvalue weighted by Gasteiger charge is 2.18. The summed E-state index contributed by atoms with van der Waals surface area (Å²) in [6.07, 6.45) is 0. The van der Waals surface area contributed by atoms with Crippen molar-refractivity contribution in [3.8, 4) is 0 Å². The molecule has 0 radical (unpaired) electrons. The Bertz CT molecular complexity index is 697. The molecule has 0 atom stereocenters. The van der Waals surface area contributed by atoms with Gasteiger partial charge in [-0.2, -0.15) is 0 Å². The highest BCUT2D eigenvalue weighted by atomic mass is 32.2. The Hall–Kier alpha value is -1.90. The van der Waals surface area contributed by atoms with Crippen molar-refractivity contribution in [3.63, 3.8) is 0 Å². The van der Waals surface area contributed by atoms with Crippen LogP contribution in [-0.4, -0.2) is 26.3 Å². The largest absolute Gasteiger partial charge is 0.368 e. The highest BCUT2D eigenvalue weighted by Crippen LogP contribution is 2.29. The zero-order chi connectivity index (χ0) is 15.6. The maximum Gasteiger partial charge on any atom is 0.344 e. The number of anilines is 1. The number of pyridine rings is 1. The van der Waals surface area contributed by atoms with Crippen LogP contribution < -0.4 is 11.0 Å². The number of hydrogen-bond acceptors (Lipinski definition) is 5. The Balaban J connectivity index is 2.40. The first-order valence-corrected chi connectivity index (χ1v) is 7.20. The molecule has 0 aromatic carbocycles. The molecule has 0 unspecified atom stereocenters. The molecule has 0 bridgehead atoms. The zero-order valence-electron chi connectivity index (χ0n) is 11.8. The Morgan fingerprint density at radius 1 is 1.43 bits per heavy atom. The van der Waals surface area contributed by atoms with Crippen LogP contribution in [0.3, 0.4) is 0 Å². The van der Waals surface area contributed by atoms with Crippen LogP contribution in [0.25, 0.3) is 0 Å². The number of aromatic amines is 1. The van der Waals surface area contributed by atoms with Crippen molar-refractivity contribution < 1.29 is 8.78 Å². The highest BCUT2D eigenvalue weighted by molar-refractivity contribution is 7.99. The molecule has 0 aliphatic carbocycles. The van der Waals surface area contributed by atoms with Gasteiger partial charge in [0, 0.05) is 18.7 Å². The number of hydrogen-bond donors (Lipinski definition) is 2. The van der Waals surface area contributed by atoms with E-state index in [1.165, 1.54) is 4.57 Å². The molecule has 0 spiro atoms. The molecule has 0 aliphatic heterocycles. The van der Waals surface area contributed by atoms with Gasteiger partial charge in [0.15, 0.2) is 22.6 Å². The van der Waals surface area contributed by atoms with Crippen LogP contribution in [0.15, 0.2) is 21.0 Å². The quantitative estimate of drug-likeness (QED) is 0.886. The molecule has 6 nitrogen and oxygen atoms in total. The standard InChI is InChI=1S/C12H15F2N5OS/c1-4-15-9-7(13)5-8(14)10(16-9)21-12-18-17-11(20)19(12)6(2)3/h5-6H,4H2,1-3H3,(H,15,16)(H,17,20). The predicted octanol–water partition coefficient (Wildman–Crippen LogP) is 2.41. The van der Waals surface area contributed by atoms with Gasteiger partial charge in [0.05, 0.1) is 0 Å². The monoisotopic (exact) mass is 315 g/mol. The molecule has 114 valence electrons. The average molecular weight is 315 g/mol. The maximum atomic E-state index is 13.8. The number of nitrogens with one attached hydrogen (secondary N) is 2. The summed E-state index contributed by atoms with van der Waals surface area (Å²) in [5, 5.41) is 9.08. The minimum Gasteiger partial charge on any atom is -0.368 e. The third-order valence-corrected chi connectivity index (χ3v) is 3.57. The summed E-state index contributed by atoms with van der Waals surface area (Å²) >= 11 is 0.867. The van der Waals surface area contributed by atoms with Gasteiger partial charge >= 0.3 is 5.69 Å². The molecule has 2 rings (SSSR count). The Morgan fingerprint density at radius 3 is 2.76 bits per heavy atom. The van der Waals surface area contributed by atoms with Gasteiger partial charge < -0.3 is 5.32 Å². The smallest absolute Gasteiger partial charge is 0.344 e. The van der Waals surface area contributed by atoms with E-state index >= 15 is 0 Å². The molecular formula is C12H15F2N5OS. The third kappa shape index (κ3) is 3.23. The number of nitrogens with zero attached hydrogens (tertiary/aromatic N) is 3. The summed E-state index contributed by atoms with van der Waals surface area (Å²) in [4.78, 5) is 15.5. The van der Waals surface area contributed by atoms with Crippen molar-refractivity contribution in [3.05, 3.63) is 28.2 Å². The van der Waals surface area contributed by atoms with E-state index in [0.717, 1.165) is 17.8 Å². The second kappa shape index (κ2) is 6.25. The van der Waals surface area contributed by atoms with Gasteiger partial charge in [-0.05, 0) is 32.5 Å². The Kier molecular flexibility index (Phi) is 4.61. The zero-order valence-corrected chi connectivity index (χ0v) is 12.6. The number of aromatic nitrogens is 4. The van der Waals surface area contributed by atoms with Gasteiger partial charge in [0.2, 0.25) is 0 Å². The minimum atomic E-state index is -0.801. The van der Waals surface area contributed by atoms with E-state index in [1.807, 2.05) is 0 Å². The summed E-state index contributed by atoms with van der Waals surface area (Å²) in [7, 11) is 0. The molecule has 2 aromatic rings. The number of H-pyrrole nitrogens is 1. The topological polar surface area (TPSA) is 75.6 Å². The molecule has 9 heteroatoms. The molecule has 21 heavy (non-hydrogen) atoms. The lowest BCUT2D eigenvalue weighted by molar-refractivity contribution is 0.530. The first-order valence-electron chi connectivity index (χ1n) is 6.38. The van der Waals surface area contributed by atoms with Crippen LogP contribution in [-0.2, 0) is 0 Å². The van der Waals surface area contributed by atoms with Crippen molar-refractivity contribution in [2.24, 2.45) is 0 Å². The van der Waals surface area contributed by atoms with Crippen LogP contribution in [0.1, 0.15) is 26.8 Å². The van der Waals surface area contributed by atoms with E-state index in [0.29, 0.717) is 6.54 Å². The van der Waals surface area contributed by atoms with Crippen molar-refractivity contribution >= 4 is 17.6 Å². The van der Waals surface area contributed by atoms with Gasteiger partial charge in [0.1, 0.15) is 5.03 Å². The van der Waals surface area contributed by atoms with Crippen LogP contribution in [0.4, 0.5) is 14.6 Å². The summed E-state index contributed by atoms with van der Waals surface area (Å²) in [5.74, 6) is -1.60. The maximum absolute atomic E-state index is 13.8. The fourth-order valence-corrected chi connectivity index (χ4v) is 2.67. The van der Waals surface area contributed by atoms with Gasteiger partial charge in [-0.1, -0.05) is 0 Å². The molecule has 2 heterocycles. The van der Waals surface area contributed by atoms with Crippen LogP contribution in [0, 0.1) is 11.6 Å². The van der Waals surface area contributed by atoms with Gasteiger partial charge in [-0.25, -0.2) is 23.7 Å². The van der Waals surface area contributed by atoms with E-state index in [4.69, 9.17) is 0 Å². The van der Waals surface area contributed by atoms with Crippen LogP contribution >= 0.6 is 11.8 Å².